The van der Waals surface area contributed by atoms with Crippen LogP contribution in [0.5, 0.6) is 0 Å². The fraction of sp³-hybridized carbons (Fsp3) is 0.762. The maximum absolute atomic E-state index is 13.5. The third kappa shape index (κ3) is 2.79. The smallest absolute Gasteiger partial charge is 0.274 e. The molecule has 0 unspecified atom stereocenters. The Bertz CT molecular complexity index is 751. The van der Waals surface area contributed by atoms with Gasteiger partial charge in [0.2, 0.25) is 5.91 Å². The fourth-order valence-corrected chi connectivity index (χ4v) is 5.91. The number of carbonyl (C=O) groups excluding carboxylic acids is 2. The summed E-state index contributed by atoms with van der Waals surface area (Å²) in [4.78, 5) is 30.6. The maximum atomic E-state index is 13.5. The minimum atomic E-state index is -0.342. The first-order chi connectivity index (χ1) is 13.2. The second-order valence-electron chi connectivity index (χ2n) is 9.03. The molecular formula is C21H30N4O2. The standard InChI is InChI=1S/C21H30N4O2/c26-19(18-16-8-4-9-17(16)22-23-18)24-13-11-21(14-24)10-5-12-25(20(21)27)15-6-2-1-3-7-15/h15H,1-14H2,(H,22,23)/t21-/m1/s1. The molecule has 6 nitrogen and oxygen atoms in total. The molecule has 6 heteroatoms. The van der Waals surface area contributed by atoms with Gasteiger partial charge in [0.05, 0.1) is 5.41 Å². The molecule has 1 spiro atoms. The molecule has 2 amide bonds. The lowest BCUT2D eigenvalue weighted by Gasteiger charge is -2.44. The van der Waals surface area contributed by atoms with Crippen molar-refractivity contribution in [3.63, 3.8) is 0 Å². The lowest BCUT2D eigenvalue weighted by Crippen LogP contribution is -2.54. The Kier molecular flexibility index (Phi) is 4.25. The van der Waals surface area contributed by atoms with Gasteiger partial charge in [0.1, 0.15) is 0 Å². The second-order valence-corrected chi connectivity index (χ2v) is 9.03. The number of aromatic nitrogens is 2. The molecule has 1 atom stereocenters. The van der Waals surface area contributed by atoms with E-state index in [9.17, 15) is 9.59 Å². The lowest BCUT2D eigenvalue weighted by atomic mass is 9.77. The van der Waals surface area contributed by atoms with Crippen molar-refractivity contribution in [1.82, 2.24) is 20.0 Å². The maximum Gasteiger partial charge on any atom is 0.274 e. The van der Waals surface area contributed by atoms with Gasteiger partial charge in [0, 0.05) is 36.9 Å². The molecule has 1 aromatic rings. The van der Waals surface area contributed by atoms with Crippen molar-refractivity contribution in [2.45, 2.75) is 76.7 Å². The third-order valence-corrected chi connectivity index (χ3v) is 7.43. The lowest BCUT2D eigenvalue weighted by molar-refractivity contribution is -0.149. The van der Waals surface area contributed by atoms with Crippen molar-refractivity contribution in [2.24, 2.45) is 5.41 Å². The van der Waals surface area contributed by atoms with Crippen molar-refractivity contribution >= 4 is 11.8 Å². The quantitative estimate of drug-likeness (QED) is 0.870. The molecule has 0 aromatic carbocycles. The number of hydrogen-bond acceptors (Lipinski definition) is 3. The van der Waals surface area contributed by atoms with Crippen LogP contribution in [0.4, 0.5) is 0 Å². The summed E-state index contributed by atoms with van der Waals surface area (Å²) in [6, 6.07) is 0.433. The average Bonchev–Trinajstić information content (AvgIpc) is 3.40. The van der Waals surface area contributed by atoms with Crippen LogP contribution in [0.1, 0.15) is 79.5 Å². The summed E-state index contributed by atoms with van der Waals surface area (Å²) >= 11 is 0. The first-order valence-corrected chi connectivity index (χ1v) is 10.8. The Morgan fingerprint density at radius 1 is 1.04 bits per heavy atom. The van der Waals surface area contributed by atoms with Gasteiger partial charge < -0.3 is 9.80 Å². The Morgan fingerprint density at radius 3 is 2.74 bits per heavy atom. The van der Waals surface area contributed by atoms with Crippen LogP contribution in [-0.2, 0) is 17.6 Å². The van der Waals surface area contributed by atoms with E-state index in [4.69, 9.17) is 0 Å². The van der Waals surface area contributed by atoms with E-state index in [0.29, 0.717) is 30.7 Å². The van der Waals surface area contributed by atoms with Gasteiger partial charge in [-0.1, -0.05) is 19.3 Å². The van der Waals surface area contributed by atoms with E-state index < -0.39 is 0 Å². The Morgan fingerprint density at radius 2 is 1.89 bits per heavy atom. The Balaban J connectivity index is 1.32. The van der Waals surface area contributed by atoms with Crippen LogP contribution in [0.25, 0.3) is 0 Å². The van der Waals surface area contributed by atoms with Gasteiger partial charge in [0.15, 0.2) is 5.69 Å². The van der Waals surface area contributed by atoms with Gasteiger partial charge >= 0.3 is 0 Å². The van der Waals surface area contributed by atoms with Crippen LogP contribution >= 0.6 is 0 Å². The van der Waals surface area contributed by atoms with Crippen molar-refractivity contribution in [1.29, 1.82) is 0 Å². The molecule has 3 heterocycles. The van der Waals surface area contributed by atoms with Crippen molar-refractivity contribution in [3.05, 3.63) is 17.0 Å². The van der Waals surface area contributed by atoms with Crippen LogP contribution in [0.2, 0.25) is 0 Å². The zero-order valence-corrected chi connectivity index (χ0v) is 16.1. The molecular weight excluding hydrogens is 340 g/mol. The first kappa shape index (κ1) is 17.3. The largest absolute Gasteiger partial charge is 0.339 e. The second kappa shape index (κ2) is 6.64. The van der Waals surface area contributed by atoms with Gasteiger partial charge in [-0.05, 0) is 51.4 Å². The van der Waals surface area contributed by atoms with E-state index in [-0.39, 0.29) is 11.3 Å². The van der Waals surface area contributed by atoms with Crippen LogP contribution in [0, 0.1) is 5.41 Å². The molecule has 1 saturated carbocycles. The van der Waals surface area contributed by atoms with Crippen molar-refractivity contribution in [2.75, 3.05) is 19.6 Å². The minimum Gasteiger partial charge on any atom is -0.339 e. The van der Waals surface area contributed by atoms with Gasteiger partial charge in [-0.25, -0.2) is 0 Å². The summed E-state index contributed by atoms with van der Waals surface area (Å²) in [5.41, 5.74) is 2.50. The summed E-state index contributed by atoms with van der Waals surface area (Å²) in [7, 11) is 0. The number of piperidine rings is 1. The highest BCUT2D eigenvalue weighted by Gasteiger charge is 2.51. The third-order valence-electron chi connectivity index (χ3n) is 7.43. The van der Waals surface area contributed by atoms with Gasteiger partial charge in [0.25, 0.3) is 5.91 Å². The minimum absolute atomic E-state index is 0.0221. The number of likely N-dealkylation sites (tertiary alicyclic amines) is 2. The normalized spacial score (nSPS) is 29.0. The zero-order valence-electron chi connectivity index (χ0n) is 16.1. The molecule has 0 radical (unpaired) electrons. The van der Waals surface area contributed by atoms with E-state index >= 15 is 0 Å². The average molecular weight is 370 g/mol. The predicted molar refractivity (Wildman–Crippen MR) is 101 cm³/mol. The molecule has 5 rings (SSSR count). The SMILES string of the molecule is O=C(c1n[nH]c2c1CCC2)N1CC[C@]2(CCCN(C3CCCCC3)C2=O)C1. The molecule has 4 aliphatic rings. The molecule has 146 valence electrons. The number of amides is 2. The molecule has 0 bridgehead atoms. The monoisotopic (exact) mass is 370 g/mol. The number of nitrogens with zero attached hydrogens (tertiary/aromatic N) is 3. The Hall–Kier alpha value is -1.85. The summed E-state index contributed by atoms with van der Waals surface area (Å²) in [5.74, 6) is 0.345. The summed E-state index contributed by atoms with van der Waals surface area (Å²) in [5, 5.41) is 7.36. The van der Waals surface area contributed by atoms with Crippen LogP contribution in [0.15, 0.2) is 0 Å². The van der Waals surface area contributed by atoms with Crippen LogP contribution in [-0.4, -0.2) is 57.5 Å². The summed E-state index contributed by atoms with van der Waals surface area (Å²) in [6.45, 7) is 2.17. The number of hydrogen-bond donors (Lipinski definition) is 1. The van der Waals surface area contributed by atoms with E-state index in [1.165, 1.54) is 19.3 Å². The summed E-state index contributed by atoms with van der Waals surface area (Å²) in [6.07, 6.45) is 12.0. The summed E-state index contributed by atoms with van der Waals surface area (Å²) < 4.78 is 0. The highest BCUT2D eigenvalue weighted by atomic mass is 16.2. The topological polar surface area (TPSA) is 69.3 Å². The number of nitrogens with one attached hydrogen (secondary N) is 1. The highest BCUT2D eigenvalue weighted by Crippen LogP contribution is 2.42. The molecule has 1 N–H and O–H groups in total. The predicted octanol–water partition coefficient (Wildman–Crippen LogP) is 2.69. The van der Waals surface area contributed by atoms with Gasteiger partial charge in [-0.3, -0.25) is 14.7 Å². The number of aromatic amines is 1. The number of rotatable bonds is 2. The van der Waals surface area contributed by atoms with Crippen LogP contribution < -0.4 is 0 Å². The van der Waals surface area contributed by atoms with E-state index in [0.717, 1.165) is 69.2 Å². The van der Waals surface area contributed by atoms with E-state index in [1.54, 1.807) is 0 Å². The highest BCUT2D eigenvalue weighted by molar-refractivity contribution is 5.95. The molecule has 3 fully saturated rings. The first-order valence-electron chi connectivity index (χ1n) is 10.8. The number of H-pyrrole nitrogens is 1. The molecule has 2 aliphatic carbocycles. The molecule has 2 aliphatic heterocycles. The van der Waals surface area contributed by atoms with Gasteiger partial charge in [-0.2, -0.15) is 5.10 Å². The zero-order chi connectivity index (χ0) is 18.4. The Labute approximate surface area is 160 Å². The fourth-order valence-electron chi connectivity index (χ4n) is 5.91. The molecule has 2 saturated heterocycles. The van der Waals surface area contributed by atoms with E-state index in [2.05, 4.69) is 15.1 Å². The van der Waals surface area contributed by atoms with Gasteiger partial charge in [-0.15, -0.1) is 0 Å². The number of aryl methyl sites for hydroxylation is 1. The van der Waals surface area contributed by atoms with Crippen molar-refractivity contribution < 1.29 is 9.59 Å². The van der Waals surface area contributed by atoms with E-state index in [1.807, 2.05) is 4.90 Å². The number of carbonyl (C=O) groups is 2. The van der Waals surface area contributed by atoms with Crippen LogP contribution in [0.3, 0.4) is 0 Å². The van der Waals surface area contributed by atoms with Crippen molar-refractivity contribution in [3.8, 4) is 0 Å². The molecule has 1 aromatic heterocycles. The molecule has 27 heavy (non-hydrogen) atoms. The number of fused-ring (bicyclic) bond motifs is 1.